The second kappa shape index (κ2) is 3.72. The molecule has 0 aromatic carbocycles. The van der Waals surface area contributed by atoms with Crippen molar-refractivity contribution in [1.29, 1.82) is 0 Å². The van der Waals surface area contributed by atoms with Gasteiger partial charge < -0.3 is 10.0 Å². The molecule has 1 N–H and O–H groups in total. The van der Waals surface area contributed by atoms with Crippen LogP contribution >= 0.6 is 0 Å². The molecule has 0 aliphatic carbocycles. The van der Waals surface area contributed by atoms with E-state index < -0.39 is 0 Å². The van der Waals surface area contributed by atoms with Crippen LogP contribution in [0.15, 0.2) is 0 Å². The number of carbonyl (C=O) groups excluding carboxylic acids is 1. The van der Waals surface area contributed by atoms with E-state index in [-0.39, 0.29) is 12.0 Å². The van der Waals surface area contributed by atoms with Gasteiger partial charge in [0.15, 0.2) is 0 Å². The zero-order valence-electron chi connectivity index (χ0n) is 6.92. The minimum atomic E-state index is -0.195. The molecule has 1 fully saturated rings. The van der Waals surface area contributed by atoms with Crippen LogP contribution in [0.4, 0.5) is 0 Å². The van der Waals surface area contributed by atoms with Crippen LogP contribution in [0.1, 0.15) is 26.2 Å². The molecule has 0 spiro atoms. The van der Waals surface area contributed by atoms with Crippen LogP contribution in [-0.4, -0.2) is 35.1 Å². The van der Waals surface area contributed by atoms with Gasteiger partial charge >= 0.3 is 0 Å². The number of nitrogens with zero attached hydrogens (tertiary/aromatic N) is 1. The van der Waals surface area contributed by atoms with E-state index in [1.165, 1.54) is 0 Å². The first-order valence-corrected chi connectivity index (χ1v) is 4.13. The van der Waals surface area contributed by atoms with Gasteiger partial charge in [0.2, 0.25) is 5.91 Å². The van der Waals surface area contributed by atoms with Crippen molar-refractivity contribution < 1.29 is 9.90 Å². The van der Waals surface area contributed by atoms with Gasteiger partial charge in [0, 0.05) is 20.0 Å². The number of hydrogen-bond donors (Lipinski definition) is 1. The van der Waals surface area contributed by atoms with Gasteiger partial charge in [0.1, 0.15) is 0 Å². The lowest BCUT2D eigenvalue weighted by atomic mass is 10.2. The highest BCUT2D eigenvalue weighted by atomic mass is 16.3. The fourth-order valence-electron chi connectivity index (χ4n) is 1.39. The topological polar surface area (TPSA) is 40.5 Å². The Bertz CT molecular complexity index is 147. The Kier molecular flexibility index (Phi) is 2.88. The highest BCUT2D eigenvalue weighted by Gasteiger charge is 2.15. The molecule has 1 atom stereocenters. The largest absolute Gasteiger partial charge is 0.393 e. The lowest BCUT2D eigenvalue weighted by molar-refractivity contribution is -0.128. The molecule has 1 aliphatic heterocycles. The number of amides is 1. The van der Waals surface area contributed by atoms with Gasteiger partial charge in [-0.2, -0.15) is 0 Å². The first-order chi connectivity index (χ1) is 5.20. The SMILES string of the molecule is CC(=O)N1CCCC(O)CC1. The van der Waals surface area contributed by atoms with Crippen molar-refractivity contribution >= 4 is 5.91 Å². The van der Waals surface area contributed by atoms with Gasteiger partial charge in [-0.15, -0.1) is 0 Å². The van der Waals surface area contributed by atoms with Gasteiger partial charge in [0.25, 0.3) is 0 Å². The summed E-state index contributed by atoms with van der Waals surface area (Å²) in [4.78, 5) is 12.7. The molecule has 0 bridgehead atoms. The molecule has 1 unspecified atom stereocenters. The summed E-state index contributed by atoms with van der Waals surface area (Å²) >= 11 is 0. The molecule has 1 heterocycles. The maximum atomic E-state index is 10.9. The van der Waals surface area contributed by atoms with E-state index in [1.807, 2.05) is 0 Å². The Morgan fingerprint density at radius 2 is 2.18 bits per heavy atom. The van der Waals surface area contributed by atoms with E-state index in [0.29, 0.717) is 0 Å². The summed E-state index contributed by atoms with van der Waals surface area (Å²) in [7, 11) is 0. The van der Waals surface area contributed by atoms with Crippen LogP contribution < -0.4 is 0 Å². The quantitative estimate of drug-likeness (QED) is 0.552. The molecule has 1 amide bonds. The monoisotopic (exact) mass is 157 g/mol. The Morgan fingerprint density at radius 1 is 1.45 bits per heavy atom. The Hall–Kier alpha value is -0.570. The lowest BCUT2D eigenvalue weighted by Gasteiger charge is -2.17. The molecule has 3 heteroatoms. The standard InChI is InChI=1S/C8H15NO2/c1-7(10)9-5-2-3-8(11)4-6-9/h8,11H,2-6H2,1H3. The third-order valence-electron chi connectivity index (χ3n) is 2.14. The van der Waals surface area contributed by atoms with Gasteiger partial charge in [0.05, 0.1) is 6.10 Å². The summed E-state index contributed by atoms with van der Waals surface area (Å²) in [5, 5.41) is 9.25. The molecule has 1 rings (SSSR count). The third-order valence-corrected chi connectivity index (χ3v) is 2.14. The van der Waals surface area contributed by atoms with Crippen molar-refractivity contribution in [3.8, 4) is 0 Å². The number of rotatable bonds is 0. The molecule has 3 nitrogen and oxygen atoms in total. The van der Waals surface area contributed by atoms with Gasteiger partial charge in [-0.1, -0.05) is 0 Å². The predicted octanol–water partition coefficient (Wildman–Crippen LogP) is 0.380. The molecule has 0 radical (unpaired) electrons. The first kappa shape index (κ1) is 8.53. The smallest absolute Gasteiger partial charge is 0.219 e. The summed E-state index contributed by atoms with van der Waals surface area (Å²) < 4.78 is 0. The first-order valence-electron chi connectivity index (χ1n) is 4.13. The van der Waals surface area contributed by atoms with Crippen molar-refractivity contribution in [1.82, 2.24) is 4.90 Å². The van der Waals surface area contributed by atoms with Crippen LogP contribution in [0.3, 0.4) is 0 Å². The predicted molar refractivity (Wildman–Crippen MR) is 42.1 cm³/mol. The molecule has 0 saturated carbocycles. The van der Waals surface area contributed by atoms with E-state index in [9.17, 15) is 9.90 Å². The van der Waals surface area contributed by atoms with Crippen molar-refractivity contribution in [2.45, 2.75) is 32.3 Å². The van der Waals surface area contributed by atoms with Crippen LogP contribution in [0.5, 0.6) is 0 Å². The van der Waals surface area contributed by atoms with Gasteiger partial charge in [-0.25, -0.2) is 0 Å². The van der Waals surface area contributed by atoms with Crippen LogP contribution in [0.25, 0.3) is 0 Å². The Morgan fingerprint density at radius 3 is 2.82 bits per heavy atom. The number of likely N-dealkylation sites (tertiary alicyclic amines) is 1. The zero-order valence-corrected chi connectivity index (χ0v) is 6.92. The average molecular weight is 157 g/mol. The maximum Gasteiger partial charge on any atom is 0.219 e. The number of aliphatic hydroxyl groups is 1. The van der Waals surface area contributed by atoms with Crippen LogP contribution in [-0.2, 0) is 4.79 Å². The van der Waals surface area contributed by atoms with E-state index in [0.717, 1.165) is 32.4 Å². The maximum absolute atomic E-state index is 10.9. The highest BCUT2D eigenvalue weighted by molar-refractivity contribution is 5.73. The zero-order chi connectivity index (χ0) is 8.27. The minimum Gasteiger partial charge on any atom is -0.393 e. The van der Waals surface area contributed by atoms with Crippen LogP contribution in [0, 0.1) is 0 Å². The number of hydrogen-bond acceptors (Lipinski definition) is 2. The van der Waals surface area contributed by atoms with E-state index in [2.05, 4.69) is 0 Å². The summed E-state index contributed by atoms with van der Waals surface area (Å²) in [6.45, 7) is 3.11. The molecule has 1 saturated heterocycles. The van der Waals surface area contributed by atoms with Crippen LogP contribution in [0.2, 0.25) is 0 Å². The number of aliphatic hydroxyl groups excluding tert-OH is 1. The molecule has 64 valence electrons. The minimum absolute atomic E-state index is 0.124. The lowest BCUT2D eigenvalue weighted by Crippen LogP contribution is -2.29. The third kappa shape index (κ3) is 2.50. The van der Waals surface area contributed by atoms with E-state index in [1.54, 1.807) is 11.8 Å². The molecule has 11 heavy (non-hydrogen) atoms. The summed E-state index contributed by atoms with van der Waals surface area (Å²) in [6.07, 6.45) is 2.31. The highest BCUT2D eigenvalue weighted by Crippen LogP contribution is 2.10. The molecular formula is C8H15NO2. The van der Waals surface area contributed by atoms with Gasteiger partial charge in [-0.3, -0.25) is 4.79 Å². The van der Waals surface area contributed by atoms with E-state index in [4.69, 9.17) is 0 Å². The fourth-order valence-corrected chi connectivity index (χ4v) is 1.39. The van der Waals surface area contributed by atoms with Crippen molar-refractivity contribution in [3.05, 3.63) is 0 Å². The van der Waals surface area contributed by atoms with Crippen molar-refractivity contribution in [2.75, 3.05) is 13.1 Å². The number of carbonyl (C=O) groups is 1. The summed E-state index contributed by atoms with van der Waals surface area (Å²) in [6, 6.07) is 0. The summed E-state index contributed by atoms with van der Waals surface area (Å²) in [5.41, 5.74) is 0. The molecule has 0 aromatic rings. The van der Waals surface area contributed by atoms with E-state index >= 15 is 0 Å². The second-order valence-electron chi connectivity index (χ2n) is 3.09. The van der Waals surface area contributed by atoms with Gasteiger partial charge in [-0.05, 0) is 19.3 Å². The Balaban J connectivity index is 2.40. The van der Waals surface area contributed by atoms with Crippen molar-refractivity contribution in [2.24, 2.45) is 0 Å². The second-order valence-corrected chi connectivity index (χ2v) is 3.09. The molecule has 0 aromatic heterocycles. The molecule has 1 aliphatic rings. The van der Waals surface area contributed by atoms with Crippen molar-refractivity contribution in [3.63, 3.8) is 0 Å². The normalized spacial score (nSPS) is 26.4. The molecular weight excluding hydrogens is 142 g/mol. The fraction of sp³-hybridized carbons (Fsp3) is 0.875. The summed E-state index contributed by atoms with van der Waals surface area (Å²) in [5.74, 6) is 0.124. The average Bonchev–Trinajstić information content (AvgIpc) is 2.13. The Labute approximate surface area is 67.0 Å².